The zero-order valence-corrected chi connectivity index (χ0v) is 17.7. The highest BCUT2D eigenvalue weighted by molar-refractivity contribution is 6.24. The summed E-state index contributed by atoms with van der Waals surface area (Å²) in [5, 5.41) is 0. The van der Waals surface area contributed by atoms with E-state index in [0.717, 1.165) is 17.0 Å². The number of imide groups is 1. The van der Waals surface area contributed by atoms with Crippen LogP contribution in [-0.4, -0.2) is 35.8 Å². The van der Waals surface area contributed by atoms with Crippen molar-refractivity contribution in [3.8, 4) is 5.75 Å². The third-order valence-corrected chi connectivity index (χ3v) is 6.06. The number of hydrogen-bond donors (Lipinski definition) is 0. The first-order valence-electron chi connectivity index (χ1n) is 10.3. The van der Waals surface area contributed by atoms with Gasteiger partial charge >= 0.3 is 6.18 Å². The zero-order valence-electron chi connectivity index (χ0n) is 17.7. The zero-order chi connectivity index (χ0) is 24.2. The summed E-state index contributed by atoms with van der Waals surface area (Å²) in [7, 11) is 1.46. The fourth-order valence-corrected chi connectivity index (χ4v) is 4.46. The van der Waals surface area contributed by atoms with Crippen molar-refractivity contribution in [1.82, 2.24) is 4.90 Å². The van der Waals surface area contributed by atoms with Crippen LogP contribution in [0.3, 0.4) is 0 Å². The van der Waals surface area contributed by atoms with Crippen molar-refractivity contribution in [1.29, 1.82) is 0 Å². The van der Waals surface area contributed by atoms with Gasteiger partial charge in [-0.15, -0.1) is 0 Å². The molecule has 2 aliphatic rings. The molecule has 0 spiro atoms. The summed E-state index contributed by atoms with van der Waals surface area (Å²) in [5.41, 5.74) is -0.0192. The lowest BCUT2D eigenvalue weighted by Gasteiger charge is -2.49. The average Bonchev–Trinajstić information content (AvgIpc) is 3.07. The largest absolute Gasteiger partial charge is 0.497 e. The van der Waals surface area contributed by atoms with Gasteiger partial charge in [-0.2, -0.15) is 13.2 Å². The predicted molar refractivity (Wildman–Crippen MR) is 115 cm³/mol. The number of rotatable bonds is 4. The first kappa shape index (κ1) is 21.7. The van der Waals surface area contributed by atoms with Crippen LogP contribution in [0, 0.1) is 0 Å². The molecule has 34 heavy (non-hydrogen) atoms. The minimum Gasteiger partial charge on any atom is -0.497 e. The van der Waals surface area contributed by atoms with Crippen molar-refractivity contribution >= 4 is 23.4 Å². The van der Waals surface area contributed by atoms with E-state index in [2.05, 4.69) is 0 Å². The fraction of sp³-hybridized carbons (Fsp3) is 0.160. The maximum absolute atomic E-state index is 13.4. The van der Waals surface area contributed by atoms with Gasteiger partial charge in [0.1, 0.15) is 11.8 Å². The van der Waals surface area contributed by atoms with E-state index < -0.39 is 41.5 Å². The van der Waals surface area contributed by atoms with Crippen molar-refractivity contribution in [3.63, 3.8) is 0 Å². The number of nitrogens with zero attached hydrogens (tertiary/aromatic N) is 2. The van der Waals surface area contributed by atoms with E-state index in [0.29, 0.717) is 11.3 Å². The summed E-state index contributed by atoms with van der Waals surface area (Å²) in [6.45, 7) is 0. The van der Waals surface area contributed by atoms with Crippen LogP contribution in [0.4, 0.5) is 18.9 Å². The van der Waals surface area contributed by atoms with Crippen LogP contribution in [0.1, 0.15) is 37.9 Å². The normalized spacial score (nSPS) is 19.8. The molecule has 0 N–H and O–H groups in total. The molecule has 0 radical (unpaired) electrons. The van der Waals surface area contributed by atoms with Crippen molar-refractivity contribution in [2.75, 3.05) is 12.0 Å². The van der Waals surface area contributed by atoms with Crippen molar-refractivity contribution in [3.05, 3.63) is 95.1 Å². The molecular formula is C25H17F3N2O4. The van der Waals surface area contributed by atoms with Crippen molar-refractivity contribution < 1.29 is 32.3 Å². The van der Waals surface area contributed by atoms with Gasteiger partial charge in [0.25, 0.3) is 17.7 Å². The van der Waals surface area contributed by atoms with Gasteiger partial charge in [-0.05, 0) is 48.0 Å². The molecule has 0 aromatic heterocycles. The number of anilines is 1. The number of hydrogen-bond acceptors (Lipinski definition) is 4. The van der Waals surface area contributed by atoms with E-state index in [4.69, 9.17) is 4.74 Å². The number of benzene rings is 3. The van der Waals surface area contributed by atoms with Crippen LogP contribution in [0.2, 0.25) is 0 Å². The van der Waals surface area contributed by atoms with E-state index in [9.17, 15) is 27.6 Å². The molecule has 0 saturated carbocycles. The summed E-state index contributed by atoms with van der Waals surface area (Å²) in [5.74, 6) is -1.42. The Morgan fingerprint density at radius 3 is 2.03 bits per heavy atom. The Hall–Kier alpha value is -4.14. The number of ether oxygens (including phenoxy) is 1. The van der Waals surface area contributed by atoms with Gasteiger partial charge in [-0.25, -0.2) is 0 Å². The monoisotopic (exact) mass is 466 g/mol. The van der Waals surface area contributed by atoms with E-state index >= 15 is 0 Å². The summed E-state index contributed by atoms with van der Waals surface area (Å²) in [6.07, 6.45) is -4.60. The first-order valence-corrected chi connectivity index (χ1v) is 10.3. The van der Waals surface area contributed by atoms with Gasteiger partial charge in [-0.1, -0.05) is 30.3 Å². The second-order valence-corrected chi connectivity index (χ2v) is 7.95. The SMILES string of the molecule is COc1cccc([C@@H]2[C@@H](N3C(=O)c4ccccc4C3=O)C(=O)N2c2cccc(C(F)(F)F)c2)c1. The van der Waals surface area contributed by atoms with E-state index in [1.807, 2.05) is 0 Å². The molecule has 1 saturated heterocycles. The highest BCUT2D eigenvalue weighted by atomic mass is 19.4. The molecule has 6 nitrogen and oxygen atoms in total. The molecular weight excluding hydrogens is 449 g/mol. The van der Waals surface area contributed by atoms with Gasteiger partial charge in [0.05, 0.1) is 29.8 Å². The Labute approximate surface area is 192 Å². The Kier molecular flexibility index (Phi) is 4.93. The number of carbonyl (C=O) groups is 3. The molecule has 1 fully saturated rings. The number of β-lactam (4-membered cyclic amide) rings is 1. The molecule has 9 heteroatoms. The summed E-state index contributed by atoms with van der Waals surface area (Å²) < 4.78 is 45.2. The van der Waals surface area contributed by atoms with Crippen molar-refractivity contribution in [2.45, 2.75) is 18.3 Å². The number of fused-ring (bicyclic) bond motifs is 1. The number of alkyl halides is 3. The standard InChI is InChI=1S/C25H17F3N2O4/c1-34-17-9-4-6-14(12-17)20-21(30-22(31)18-10-2-3-11-19(18)23(30)32)24(33)29(20)16-8-5-7-15(13-16)25(26,27)28/h2-13,20-21H,1H3/t20-,21-/m1/s1. The molecule has 5 rings (SSSR count). The third-order valence-electron chi connectivity index (χ3n) is 6.06. The molecule has 172 valence electrons. The Morgan fingerprint density at radius 2 is 1.41 bits per heavy atom. The highest BCUT2D eigenvalue weighted by Gasteiger charge is 2.57. The average molecular weight is 466 g/mol. The number of halogens is 3. The molecule has 0 aliphatic carbocycles. The summed E-state index contributed by atoms with van der Waals surface area (Å²) in [6, 6.07) is 15.2. The molecule has 2 heterocycles. The maximum atomic E-state index is 13.4. The van der Waals surface area contributed by atoms with Crippen LogP contribution in [0.15, 0.2) is 72.8 Å². The molecule has 2 aliphatic heterocycles. The maximum Gasteiger partial charge on any atom is 0.416 e. The van der Waals surface area contributed by atoms with Crippen LogP contribution in [0.5, 0.6) is 5.75 Å². The summed E-state index contributed by atoms with van der Waals surface area (Å²) in [4.78, 5) is 41.6. The Balaban J connectivity index is 1.60. The van der Waals surface area contributed by atoms with Gasteiger partial charge in [0.15, 0.2) is 0 Å². The minimum absolute atomic E-state index is 0.0144. The lowest BCUT2D eigenvalue weighted by atomic mass is 9.86. The van der Waals surface area contributed by atoms with Gasteiger partial charge in [0.2, 0.25) is 0 Å². The van der Waals surface area contributed by atoms with Crippen molar-refractivity contribution in [2.24, 2.45) is 0 Å². The second kappa shape index (κ2) is 7.72. The van der Waals surface area contributed by atoms with Gasteiger partial charge in [0, 0.05) is 5.69 Å². The quantitative estimate of drug-likeness (QED) is 0.421. The van der Waals surface area contributed by atoms with Crippen LogP contribution >= 0.6 is 0 Å². The highest BCUT2D eigenvalue weighted by Crippen LogP contribution is 2.45. The lowest BCUT2D eigenvalue weighted by molar-refractivity contribution is -0.137. The van der Waals surface area contributed by atoms with Crippen LogP contribution in [-0.2, 0) is 11.0 Å². The molecule has 0 unspecified atom stereocenters. The number of amides is 3. The molecule has 0 bridgehead atoms. The lowest BCUT2D eigenvalue weighted by Crippen LogP contribution is -2.67. The predicted octanol–water partition coefficient (Wildman–Crippen LogP) is 4.47. The molecule has 2 atom stereocenters. The minimum atomic E-state index is -4.60. The van der Waals surface area contributed by atoms with E-state index in [1.165, 1.54) is 36.3 Å². The molecule has 3 aromatic rings. The summed E-state index contributed by atoms with van der Waals surface area (Å²) >= 11 is 0. The van der Waals surface area contributed by atoms with Crippen LogP contribution in [0.25, 0.3) is 0 Å². The number of carbonyl (C=O) groups excluding carboxylic acids is 3. The Morgan fingerprint density at radius 1 is 0.765 bits per heavy atom. The van der Waals surface area contributed by atoms with E-state index in [-0.39, 0.29) is 16.8 Å². The number of methoxy groups -OCH3 is 1. The molecule has 3 amide bonds. The molecule has 3 aromatic carbocycles. The second-order valence-electron chi connectivity index (χ2n) is 7.95. The first-order chi connectivity index (χ1) is 16.2. The third kappa shape index (κ3) is 3.23. The van der Waals surface area contributed by atoms with E-state index in [1.54, 1.807) is 36.4 Å². The van der Waals surface area contributed by atoms with Gasteiger partial charge in [-0.3, -0.25) is 19.3 Å². The van der Waals surface area contributed by atoms with Gasteiger partial charge < -0.3 is 9.64 Å². The Bertz CT molecular complexity index is 1300. The topological polar surface area (TPSA) is 66.9 Å². The fourth-order valence-electron chi connectivity index (χ4n) is 4.46. The van der Waals surface area contributed by atoms with Crippen LogP contribution < -0.4 is 9.64 Å². The smallest absolute Gasteiger partial charge is 0.416 e.